The molecule has 2 N–H and O–H groups in total. The van der Waals surface area contributed by atoms with E-state index in [4.69, 9.17) is 5.73 Å². The molecule has 2 rings (SSSR count). The van der Waals surface area contributed by atoms with E-state index < -0.39 is 0 Å². The van der Waals surface area contributed by atoms with Gasteiger partial charge < -0.3 is 5.73 Å². The van der Waals surface area contributed by atoms with Crippen LogP contribution in [0.4, 0.5) is 0 Å². The number of fused-ring (bicyclic) bond motifs is 1. The fraction of sp³-hybridized carbons (Fsp3) is 0.500. The number of aryl methyl sites for hydroxylation is 1. The van der Waals surface area contributed by atoms with Crippen LogP contribution in [0.2, 0.25) is 0 Å². The highest BCUT2D eigenvalue weighted by Gasteiger charge is 2.24. The van der Waals surface area contributed by atoms with E-state index in [1.54, 1.807) is 0 Å². The summed E-state index contributed by atoms with van der Waals surface area (Å²) >= 11 is 0. The van der Waals surface area contributed by atoms with Crippen molar-refractivity contribution in [3.63, 3.8) is 0 Å². The minimum atomic E-state index is 0.260. The highest BCUT2D eigenvalue weighted by molar-refractivity contribution is 5.32. The largest absolute Gasteiger partial charge is 0.327 e. The summed E-state index contributed by atoms with van der Waals surface area (Å²) in [5.41, 5.74) is 8.69. The van der Waals surface area contributed by atoms with E-state index in [1.807, 2.05) is 12.4 Å². The summed E-state index contributed by atoms with van der Waals surface area (Å²) in [6.07, 6.45) is 6.20. The highest BCUT2D eigenvalue weighted by atomic mass is 14.7. The first-order valence-electron chi connectivity index (χ1n) is 4.47. The fourth-order valence-electron chi connectivity index (χ4n) is 2.01. The lowest BCUT2D eigenvalue weighted by Crippen LogP contribution is -2.22. The molecule has 1 aliphatic rings. The molecule has 0 fully saturated rings. The Hall–Kier alpha value is -0.890. The van der Waals surface area contributed by atoms with Gasteiger partial charge in [-0.3, -0.25) is 4.98 Å². The number of hydrogen-bond acceptors (Lipinski definition) is 2. The minimum Gasteiger partial charge on any atom is -0.327 e. The molecule has 2 unspecified atom stereocenters. The van der Waals surface area contributed by atoms with Gasteiger partial charge >= 0.3 is 0 Å². The van der Waals surface area contributed by atoms with Crippen LogP contribution in [0.25, 0.3) is 0 Å². The van der Waals surface area contributed by atoms with Crippen molar-refractivity contribution in [3.05, 3.63) is 29.6 Å². The third-order valence-electron chi connectivity index (χ3n) is 2.71. The van der Waals surface area contributed by atoms with Crippen LogP contribution in [0, 0.1) is 0 Å². The van der Waals surface area contributed by atoms with E-state index in [1.165, 1.54) is 24.0 Å². The van der Waals surface area contributed by atoms with E-state index in [0.29, 0.717) is 5.92 Å². The average Bonchev–Trinajstić information content (AvgIpc) is 2.47. The molecule has 0 aromatic carbocycles. The van der Waals surface area contributed by atoms with Crippen LogP contribution in [0.5, 0.6) is 0 Å². The Kier molecular flexibility index (Phi) is 1.85. The second kappa shape index (κ2) is 2.87. The van der Waals surface area contributed by atoms with Gasteiger partial charge in [-0.25, -0.2) is 0 Å². The Bertz CT molecular complexity index is 281. The molecule has 1 aliphatic carbocycles. The number of nitrogens with zero attached hydrogens (tertiary/aromatic N) is 1. The second-order valence-electron chi connectivity index (χ2n) is 3.58. The maximum Gasteiger partial charge on any atom is 0.0306 e. The third-order valence-corrected chi connectivity index (χ3v) is 2.71. The molecule has 0 amide bonds. The standard InChI is InChI=1S/C10H14N2/c1-7(11)9-3-2-8-4-5-12-6-10(8)9/h4-7,9H,2-3,11H2,1H3. The van der Waals surface area contributed by atoms with E-state index in [9.17, 15) is 0 Å². The van der Waals surface area contributed by atoms with Crippen LogP contribution >= 0.6 is 0 Å². The Morgan fingerprint density at radius 2 is 2.50 bits per heavy atom. The van der Waals surface area contributed by atoms with Crippen LogP contribution in [0.15, 0.2) is 18.5 Å². The molecule has 0 spiro atoms. The Morgan fingerprint density at radius 1 is 1.67 bits per heavy atom. The maximum absolute atomic E-state index is 5.88. The average molecular weight is 162 g/mol. The predicted molar refractivity (Wildman–Crippen MR) is 48.9 cm³/mol. The molecule has 0 bridgehead atoms. The van der Waals surface area contributed by atoms with Crippen molar-refractivity contribution in [2.24, 2.45) is 5.73 Å². The lowest BCUT2D eigenvalue weighted by molar-refractivity contribution is 0.563. The summed E-state index contributed by atoms with van der Waals surface area (Å²) in [6.45, 7) is 2.08. The molecule has 1 aromatic rings. The first-order valence-corrected chi connectivity index (χ1v) is 4.47. The summed E-state index contributed by atoms with van der Waals surface area (Å²) in [5.74, 6) is 0.536. The predicted octanol–water partition coefficient (Wildman–Crippen LogP) is 1.46. The number of nitrogens with two attached hydrogens (primary N) is 1. The number of pyridine rings is 1. The van der Waals surface area contributed by atoms with Gasteiger partial charge in [0.15, 0.2) is 0 Å². The van der Waals surface area contributed by atoms with Gasteiger partial charge in [0.25, 0.3) is 0 Å². The summed E-state index contributed by atoms with van der Waals surface area (Å²) in [6, 6.07) is 2.37. The molecule has 2 nitrogen and oxygen atoms in total. The van der Waals surface area contributed by atoms with Gasteiger partial charge in [0, 0.05) is 24.4 Å². The van der Waals surface area contributed by atoms with Gasteiger partial charge in [-0.05, 0) is 37.0 Å². The first-order chi connectivity index (χ1) is 5.79. The normalized spacial score (nSPS) is 23.7. The lowest BCUT2D eigenvalue weighted by Gasteiger charge is -2.14. The lowest BCUT2D eigenvalue weighted by atomic mass is 9.96. The molecule has 0 radical (unpaired) electrons. The number of rotatable bonds is 1. The van der Waals surface area contributed by atoms with Gasteiger partial charge in [-0.15, -0.1) is 0 Å². The first kappa shape index (κ1) is 7.74. The Balaban J connectivity index is 2.36. The van der Waals surface area contributed by atoms with Crippen LogP contribution in [-0.4, -0.2) is 11.0 Å². The zero-order valence-electron chi connectivity index (χ0n) is 7.33. The molecule has 0 aliphatic heterocycles. The number of hydrogen-bond donors (Lipinski definition) is 1. The monoisotopic (exact) mass is 162 g/mol. The van der Waals surface area contributed by atoms with E-state index in [-0.39, 0.29) is 6.04 Å². The highest BCUT2D eigenvalue weighted by Crippen LogP contribution is 2.33. The van der Waals surface area contributed by atoms with Gasteiger partial charge in [-0.1, -0.05) is 0 Å². The van der Waals surface area contributed by atoms with Gasteiger partial charge in [0.1, 0.15) is 0 Å². The molecular formula is C10H14N2. The van der Waals surface area contributed by atoms with Crippen molar-refractivity contribution in [1.82, 2.24) is 4.98 Å². The van der Waals surface area contributed by atoms with Crippen molar-refractivity contribution in [3.8, 4) is 0 Å². The van der Waals surface area contributed by atoms with Crippen molar-refractivity contribution >= 4 is 0 Å². The molecule has 64 valence electrons. The minimum absolute atomic E-state index is 0.260. The third kappa shape index (κ3) is 1.12. The molecule has 2 heteroatoms. The topological polar surface area (TPSA) is 38.9 Å². The summed E-state index contributed by atoms with van der Waals surface area (Å²) in [5, 5.41) is 0. The summed E-state index contributed by atoms with van der Waals surface area (Å²) in [4.78, 5) is 4.13. The quantitative estimate of drug-likeness (QED) is 0.679. The van der Waals surface area contributed by atoms with Crippen LogP contribution in [0.3, 0.4) is 0 Å². The maximum atomic E-state index is 5.88. The van der Waals surface area contributed by atoms with Crippen LogP contribution in [0.1, 0.15) is 30.4 Å². The Morgan fingerprint density at radius 3 is 3.25 bits per heavy atom. The van der Waals surface area contributed by atoms with Gasteiger partial charge in [0.05, 0.1) is 0 Å². The molecule has 12 heavy (non-hydrogen) atoms. The van der Waals surface area contributed by atoms with E-state index in [2.05, 4.69) is 18.0 Å². The number of aromatic nitrogens is 1. The van der Waals surface area contributed by atoms with Gasteiger partial charge in [-0.2, -0.15) is 0 Å². The smallest absolute Gasteiger partial charge is 0.0306 e. The molecule has 1 heterocycles. The molecular weight excluding hydrogens is 148 g/mol. The molecule has 2 atom stereocenters. The fourth-order valence-corrected chi connectivity index (χ4v) is 2.01. The summed E-state index contributed by atoms with van der Waals surface area (Å²) in [7, 11) is 0. The van der Waals surface area contributed by atoms with Crippen molar-refractivity contribution in [2.45, 2.75) is 31.7 Å². The zero-order chi connectivity index (χ0) is 8.55. The van der Waals surface area contributed by atoms with E-state index in [0.717, 1.165) is 0 Å². The SMILES string of the molecule is CC(N)C1CCc2ccncc21. The molecule has 0 saturated heterocycles. The van der Waals surface area contributed by atoms with Gasteiger partial charge in [0.2, 0.25) is 0 Å². The van der Waals surface area contributed by atoms with Crippen molar-refractivity contribution in [2.75, 3.05) is 0 Å². The summed E-state index contributed by atoms with van der Waals surface area (Å²) < 4.78 is 0. The zero-order valence-corrected chi connectivity index (χ0v) is 7.33. The van der Waals surface area contributed by atoms with Crippen LogP contribution in [-0.2, 0) is 6.42 Å². The van der Waals surface area contributed by atoms with Crippen molar-refractivity contribution in [1.29, 1.82) is 0 Å². The molecule has 1 aromatic heterocycles. The van der Waals surface area contributed by atoms with Crippen LogP contribution < -0.4 is 5.73 Å². The Labute approximate surface area is 72.8 Å². The molecule has 0 saturated carbocycles. The second-order valence-corrected chi connectivity index (χ2v) is 3.58. The van der Waals surface area contributed by atoms with Crippen molar-refractivity contribution < 1.29 is 0 Å². The van der Waals surface area contributed by atoms with E-state index >= 15 is 0 Å².